The Morgan fingerprint density at radius 3 is 2.56 bits per heavy atom. The Bertz CT molecular complexity index is 693. The van der Waals surface area contributed by atoms with E-state index in [4.69, 9.17) is 11.6 Å². The monoisotopic (exact) mass is 356 g/mol. The third-order valence-electron chi connectivity index (χ3n) is 4.73. The smallest absolute Gasteiger partial charge is 0.191 e. The van der Waals surface area contributed by atoms with Crippen molar-refractivity contribution in [3.05, 3.63) is 64.9 Å². The number of guanidine groups is 1. The Kier molecular flexibility index (Phi) is 5.92. The van der Waals surface area contributed by atoms with Gasteiger partial charge in [-0.25, -0.2) is 4.98 Å². The van der Waals surface area contributed by atoms with Crippen LogP contribution in [-0.4, -0.2) is 31.1 Å². The molecule has 1 aromatic carbocycles. The summed E-state index contributed by atoms with van der Waals surface area (Å²) in [4.78, 5) is 8.43. The molecule has 0 spiro atoms. The number of rotatable bonds is 7. The summed E-state index contributed by atoms with van der Waals surface area (Å²) in [5.41, 5.74) is 2.97. The van der Waals surface area contributed by atoms with E-state index >= 15 is 0 Å². The number of hydrogen-bond acceptors (Lipinski definition) is 2. The lowest BCUT2D eigenvalue weighted by Gasteiger charge is -2.18. The lowest BCUT2D eigenvalue weighted by Crippen LogP contribution is -2.41. The summed E-state index contributed by atoms with van der Waals surface area (Å²) in [5, 5.41) is 7.39. The van der Waals surface area contributed by atoms with Gasteiger partial charge in [0.05, 0.1) is 0 Å². The molecule has 0 atom stereocenters. The van der Waals surface area contributed by atoms with Gasteiger partial charge in [0.25, 0.3) is 0 Å². The summed E-state index contributed by atoms with van der Waals surface area (Å²) in [6.45, 7) is 1.78. The molecule has 0 unspecified atom stereocenters. The highest BCUT2D eigenvalue weighted by Crippen LogP contribution is 2.47. The van der Waals surface area contributed by atoms with Crippen LogP contribution >= 0.6 is 11.6 Å². The predicted octanol–water partition coefficient (Wildman–Crippen LogP) is 3.47. The number of pyridine rings is 1. The summed E-state index contributed by atoms with van der Waals surface area (Å²) in [6, 6.07) is 14.6. The molecule has 0 amide bonds. The van der Waals surface area contributed by atoms with Gasteiger partial charge in [-0.1, -0.05) is 48.0 Å². The van der Waals surface area contributed by atoms with Gasteiger partial charge in [-0.05, 0) is 48.3 Å². The average Bonchev–Trinajstić information content (AvgIpc) is 3.40. The predicted molar refractivity (Wildman–Crippen MR) is 104 cm³/mol. The van der Waals surface area contributed by atoms with E-state index < -0.39 is 0 Å². The van der Waals surface area contributed by atoms with Crippen LogP contribution in [0.3, 0.4) is 0 Å². The van der Waals surface area contributed by atoms with Gasteiger partial charge in [-0.3, -0.25) is 4.99 Å². The molecule has 0 aliphatic heterocycles. The molecule has 0 saturated heterocycles. The zero-order valence-electron chi connectivity index (χ0n) is 14.6. The number of nitrogens with one attached hydrogen (secondary N) is 2. The normalized spacial score (nSPS) is 15.7. The molecule has 132 valence electrons. The zero-order valence-corrected chi connectivity index (χ0v) is 15.4. The van der Waals surface area contributed by atoms with Crippen molar-refractivity contribution < 1.29 is 0 Å². The van der Waals surface area contributed by atoms with E-state index in [1.807, 2.05) is 25.4 Å². The van der Waals surface area contributed by atoms with Crippen molar-refractivity contribution in [1.82, 2.24) is 15.6 Å². The van der Waals surface area contributed by atoms with E-state index in [0.29, 0.717) is 10.6 Å². The average molecular weight is 357 g/mol. The molecule has 2 aromatic rings. The van der Waals surface area contributed by atoms with E-state index in [0.717, 1.165) is 37.5 Å². The standard InChI is InChI=1S/C20H25ClN4/c1-22-19(23-12-9-17-7-8-18(21)24-14-17)25-15-20(10-11-20)13-16-5-3-2-4-6-16/h2-8,14H,9-13,15H2,1H3,(H2,22,23,25). The second-order valence-corrected chi connectivity index (χ2v) is 7.14. The van der Waals surface area contributed by atoms with Gasteiger partial charge in [-0.15, -0.1) is 0 Å². The minimum Gasteiger partial charge on any atom is -0.356 e. The number of nitrogens with zero attached hydrogens (tertiary/aromatic N) is 2. The fraction of sp³-hybridized carbons (Fsp3) is 0.400. The SMILES string of the molecule is CN=C(NCCc1ccc(Cl)nc1)NCC1(Cc2ccccc2)CC1. The maximum absolute atomic E-state index is 5.81. The van der Waals surface area contributed by atoms with Crippen molar-refractivity contribution in [3.63, 3.8) is 0 Å². The summed E-state index contributed by atoms with van der Waals surface area (Å²) < 4.78 is 0. The van der Waals surface area contributed by atoms with Crippen LogP contribution in [0.25, 0.3) is 0 Å². The molecule has 25 heavy (non-hydrogen) atoms. The Morgan fingerprint density at radius 2 is 1.92 bits per heavy atom. The van der Waals surface area contributed by atoms with Gasteiger partial charge in [0, 0.05) is 26.3 Å². The second-order valence-electron chi connectivity index (χ2n) is 6.75. The number of hydrogen-bond donors (Lipinski definition) is 2. The molecular formula is C20H25ClN4. The van der Waals surface area contributed by atoms with Crippen LogP contribution in [0.15, 0.2) is 53.7 Å². The number of halogens is 1. The lowest BCUT2D eigenvalue weighted by atomic mass is 9.96. The second kappa shape index (κ2) is 8.34. The van der Waals surface area contributed by atoms with E-state index in [1.165, 1.54) is 18.4 Å². The van der Waals surface area contributed by atoms with Gasteiger partial charge < -0.3 is 10.6 Å². The summed E-state index contributed by atoms with van der Waals surface area (Å²) in [5.74, 6) is 0.862. The first-order valence-electron chi connectivity index (χ1n) is 8.78. The molecule has 1 aromatic heterocycles. The van der Waals surface area contributed by atoms with E-state index in [2.05, 4.69) is 50.9 Å². The van der Waals surface area contributed by atoms with Crippen molar-refractivity contribution in [2.45, 2.75) is 25.7 Å². The van der Waals surface area contributed by atoms with E-state index in [1.54, 1.807) is 0 Å². The lowest BCUT2D eigenvalue weighted by molar-refractivity contribution is 0.492. The molecule has 0 bridgehead atoms. The first-order chi connectivity index (χ1) is 12.2. The van der Waals surface area contributed by atoms with Gasteiger partial charge in [0.1, 0.15) is 5.15 Å². The van der Waals surface area contributed by atoms with Crippen LogP contribution in [0.1, 0.15) is 24.0 Å². The topological polar surface area (TPSA) is 49.3 Å². The van der Waals surface area contributed by atoms with Gasteiger partial charge in [-0.2, -0.15) is 0 Å². The summed E-state index contributed by atoms with van der Waals surface area (Å²) in [7, 11) is 1.82. The quantitative estimate of drug-likeness (QED) is 0.453. The minimum absolute atomic E-state index is 0.388. The van der Waals surface area contributed by atoms with Gasteiger partial charge >= 0.3 is 0 Å². The molecule has 1 aliphatic rings. The molecule has 4 nitrogen and oxygen atoms in total. The van der Waals surface area contributed by atoms with Gasteiger partial charge in [0.15, 0.2) is 5.96 Å². The molecule has 1 fully saturated rings. The van der Waals surface area contributed by atoms with E-state index in [-0.39, 0.29) is 0 Å². The highest BCUT2D eigenvalue weighted by molar-refractivity contribution is 6.29. The maximum atomic E-state index is 5.81. The van der Waals surface area contributed by atoms with Crippen molar-refractivity contribution in [3.8, 4) is 0 Å². The first-order valence-corrected chi connectivity index (χ1v) is 9.16. The van der Waals surface area contributed by atoms with Crippen molar-refractivity contribution in [2.75, 3.05) is 20.1 Å². The molecule has 0 radical (unpaired) electrons. The fourth-order valence-corrected chi connectivity index (χ4v) is 3.10. The van der Waals surface area contributed by atoms with Crippen LogP contribution in [0, 0.1) is 5.41 Å². The highest BCUT2D eigenvalue weighted by Gasteiger charge is 2.42. The van der Waals surface area contributed by atoms with Crippen LogP contribution < -0.4 is 10.6 Å². The van der Waals surface area contributed by atoms with Crippen LogP contribution in [0.4, 0.5) is 0 Å². The third-order valence-corrected chi connectivity index (χ3v) is 4.95. The molecule has 2 N–H and O–H groups in total. The molecule has 1 heterocycles. The molecule has 1 aliphatic carbocycles. The largest absolute Gasteiger partial charge is 0.356 e. The minimum atomic E-state index is 0.388. The van der Waals surface area contributed by atoms with Crippen molar-refractivity contribution >= 4 is 17.6 Å². The zero-order chi connectivity index (χ0) is 17.5. The molecule has 5 heteroatoms. The van der Waals surface area contributed by atoms with Gasteiger partial charge in [0.2, 0.25) is 0 Å². The summed E-state index contributed by atoms with van der Waals surface area (Å²) >= 11 is 5.81. The Hall–Kier alpha value is -2.07. The van der Waals surface area contributed by atoms with Crippen LogP contribution in [0.2, 0.25) is 5.15 Å². The maximum Gasteiger partial charge on any atom is 0.191 e. The Labute approximate surface area is 154 Å². The Balaban J connectivity index is 1.42. The fourth-order valence-electron chi connectivity index (χ4n) is 2.99. The highest BCUT2D eigenvalue weighted by atomic mass is 35.5. The number of benzene rings is 1. The summed E-state index contributed by atoms with van der Waals surface area (Å²) in [6.07, 6.45) is 6.40. The first kappa shape index (κ1) is 17.7. The van der Waals surface area contributed by atoms with Crippen molar-refractivity contribution in [2.24, 2.45) is 10.4 Å². The van der Waals surface area contributed by atoms with Crippen LogP contribution in [-0.2, 0) is 12.8 Å². The molecular weight excluding hydrogens is 332 g/mol. The third kappa shape index (κ3) is 5.46. The molecule has 1 saturated carbocycles. The van der Waals surface area contributed by atoms with E-state index in [9.17, 15) is 0 Å². The van der Waals surface area contributed by atoms with Crippen LogP contribution in [0.5, 0.6) is 0 Å². The molecule has 3 rings (SSSR count). The Morgan fingerprint density at radius 1 is 1.12 bits per heavy atom. The number of aromatic nitrogens is 1. The number of aliphatic imine (C=N–C) groups is 1. The van der Waals surface area contributed by atoms with Crippen molar-refractivity contribution in [1.29, 1.82) is 0 Å².